The number of aromatic nitrogens is 2. The van der Waals surface area contributed by atoms with Gasteiger partial charge in [0.2, 0.25) is 0 Å². The van der Waals surface area contributed by atoms with E-state index in [0.29, 0.717) is 28.8 Å². The van der Waals surface area contributed by atoms with Crippen LogP contribution >= 0.6 is 0 Å². The molecule has 2 aromatic heterocycles. The van der Waals surface area contributed by atoms with Crippen LogP contribution in [0, 0.1) is 12.7 Å². The Morgan fingerprint density at radius 1 is 1.37 bits per heavy atom. The molecule has 3 N–H and O–H groups in total. The number of hydrogen-bond donors (Lipinski definition) is 3. The van der Waals surface area contributed by atoms with Crippen LogP contribution in [-0.4, -0.2) is 33.8 Å². The Kier molecular flexibility index (Phi) is 5.68. The number of hydrogen-bond acceptors (Lipinski definition) is 5. The summed E-state index contributed by atoms with van der Waals surface area (Å²) >= 11 is 0. The topological polar surface area (TPSA) is 88.4 Å². The van der Waals surface area contributed by atoms with Gasteiger partial charge in [-0.2, -0.15) is 0 Å². The van der Waals surface area contributed by atoms with E-state index in [2.05, 4.69) is 15.8 Å². The van der Waals surface area contributed by atoms with Crippen LogP contribution in [0.4, 0.5) is 15.9 Å². The number of hydroxylamine groups is 1. The van der Waals surface area contributed by atoms with Gasteiger partial charge in [-0.1, -0.05) is 6.07 Å². The van der Waals surface area contributed by atoms with E-state index in [1.165, 1.54) is 6.07 Å². The van der Waals surface area contributed by atoms with Crippen molar-refractivity contribution in [2.45, 2.75) is 13.3 Å². The minimum absolute atomic E-state index is 0.0342. The Hall–Kier alpha value is -2.97. The first kappa shape index (κ1) is 18.8. The molecular weight excluding hydrogens is 351 g/mol. The van der Waals surface area contributed by atoms with E-state index in [0.717, 1.165) is 5.56 Å². The summed E-state index contributed by atoms with van der Waals surface area (Å²) in [7, 11) is 1.74. The molecule has 0 aliphatic rings. The maximum absolute atomic E-state index is 14.3. The van der Waals surface area contributed by atoms with E-state index in [4.69, 9.17) is 9.94 Å². The summed E-state index contributed by atoms with van der Waals surface area (Å²) in [5, 5.41) is 12.4. The van der Waals surface area contributed by atoms with E-state index in [1.54, 1.807) is 49.0 Å². The first-order chi connectivity index (χ1) is 13.0. The molecule has 7 nitrogen and oxygen atoms in total. The van der Waals surface area contributed by atoms with Crippen LogP contribution in [0.1, 0.15) is 22.3 Å². The normalized spacial score (nSPS) is 11.0. The van der Waals surface area contributed by atoms with Gasteiger partial charge in [-0.05, 0) is 43.2 Å². The van der Waals surface area contributed by atoms with Crippen molar-refractivity contribution < 1.29 is 19.1 Å². The molecule has 2 heterocycles. The number of amides is 1. The van der Waals surface area contributed by atoms with E-state index in [9.17, 15) is 9.18 Å². The number of halogens is 1. The molecule has 0 saturated carbocycles. The Morgan fingerprint density at radius 2 is 2.19 bits per heavy atom. The zero-order chi connectivity index (χ0) is 19.4. The number of anilines is 2. The molecule has 0 radical (unpaired) electrons. The highest BCUT2D eigenvalue weighted by Crippen LogP contribution is 2.31. The third-order valence-electron chi connectivity index (χ3n) is 4.12. The molecule has 8 heteroatoms. The van der Waals surface area contributed by atoms with Gasteiger partial charge in [0.25, 0.3) is 5.91 Å². The van der Waals surface area contributed by atoms with Gasteiger partial charge in [0, 0.05) is 25.2 Å². The third-order valence-corrected chi connectivity index (χ3v) is 4.12. The van der Waals surface area contributed by atoms with Crippen molar-refractivity contribution in [2.75, 3.05) is 18.5 Å². The van der Waals surface area contributed by atoms with Crippen molar-refractivity contribution >= 4 is 28.4 Å². The van der Waals surface area contributed by atoms with Crippen LogP contribution in [0.15, 0.2) is 36.5 Å². The van der Waals surface area contributed by atoms with Crippen LogP contribution in [0.2, 0.25) is 0 Å². The number of pyridine rings is 1. The largest absolute Gasteiger partial charge is 0.396 e. The van der Waals surface area contributed by atoms with E-state index in [-0.39, 0.29) is 18.9 Å². The lowest BCUT2D eigenvalue weighted by Crippen LogP contribution is -2.25. The number of benzene rings is 1. The molecular formula is C19H21FN4O3. The second-order valence-corrected chi connectivity index (χ2v) is 6.12. The average Bonchev–Trinajstić information content (AvgIpc) is 2.93. The number of carbonyl (C=O) groups is 1. The molecule has 1 aromatic carbocycles. The molecule has 0 aliphatic carbocycles. The maximum atomic E-state index is 14.3. The SMILES string of the molecule is Cc1ccc(Nc2c(C(=O)NOCCCO)c3cccnc3n2C)c(F)c1. The summed E-state index contributed by atoms with van der Waals surface area (Å²) in [4.78, 5) is 22.1. The predicted octanol–water partition coefficient (Wildman–Crippen LogP) is 2.81. The summed E-state index contributed by atoms with van der Waals surface area (Å²) in [6.07, 6.45) is 2.02. The van der Waals surface area contributed by atoms with Gasteiger partial charge in [-0.3, -0.25) is 9.63 Å². The Bertz CT molecular complexity index is 971. The Balaban J connectivity index is 2.00. The molecule has 0 bridgehead atoms. The zero-order valence-electron chi connectivity index (χ0n) is 15.1. The Morgan fingerprint density at radius 3 is 2.93 bits per heavy atom. The van der Waals surface area contributed by atoms with E-state index < -0.39 is 11.7 Å². The van der Waals surface area contributed by atoms with Gasteiger partial charge in [-0.15, -0.1) is 0 Å². The highest BCUT2D eigenvalue weighted by Gasteiger charge is 2.23. The van der Waals surface area contributed by atoms with Gasteiger partial charge in [-0.25, -0.2) is 14.9 Å². The van der Waals surface area contributed by atoms with Crippen molar-refractivity contribution in [1.82, 2.24) is 15.0 Å². The second kappa shape index (κ2) is 8.15. The first-order valence-electron chi connectivity index (χ1n) is 8.52. The number of nitrogens with zero attached hydrogens (tertiary/aromatic N) is 2. The number of aliphatic hydroxyl groups is 1. The van der Waals surface area contributed by atoms with Crippen molar-refractivity contribution in [2.24, 2.45) is 7.05 Å². The fourth-order valence-electron chi connectivity index (χ4n) is 2.79. The zero-order valence-corrected chi connectivity index (χ0v) is 15.1. The number of carbonyl (C=O) groups excluding carboxylic acids is 1. The summed E-state index contributed by atoms with van der Waals surface area (Å²) in [5.74, 6) is -0.505. The van der Waals surface area contributed by atoms with Crippen LogP contribution < -0.4 is 10.8 Å². The van der Waals surface area contributed by atoms with E-state index >= 15 is 0 Å². The maximum Gasteiger partial charge on any atom is 0.279 e. The number of rotatable bonds is 7. The standard InChI is InChI=1S/C19H21FN4O3/c1-12-6-7-15(14(20)11-12)22-18-16(19(26)23-27-10-4-9-25)13-5-3-8-21-17(13)24(18)2/h3,5-8,11,22,25H,4,9-10H2,1-2H3,(H,23,26). The molecule has 0 spiro atoms. The van der Waals surface area contributed by atoms with E-state index in [1.807, 2.05) is 0 Å². The second-order valence-electron chi connectivity index (χ2n) is 6.12. The summed E-state index contributed by atoms with van der Waals surface area (Å²) in [6.45, 7) is 1.95. The van der Waals surface area contributed by atoms with Gasteiger partial charge in [0.15, 0.2) is 0 Å². The monoisotopic (exact) mass is 372 g/mol. The molecule has 3 rings (SSSR count). The van der Waals surface area contributed by atoms with Crippen LogP contribution in [0.5, 0.6) is 0 Å². The predicted molar refractivity (Wildman–Crippen MR) is 100 cm³/mol. The van der Waals surface area contributed by atoms with Gasteiger partial charge in [0.1, 0.15) is 17.3 Å². The van der Waals surface area contributed by atoms with Crippen molar-refractivity contribution in [3.05, 3.63) is 53.5 Å². The van der Waals surface area contributed by atoms with Gasteiger partial charge >= 0.3 is 0 Å². The van der Waals surface area contributed by atoms with Crippen molar-refractivity contribution in [1.29, 1.82) is 0 Å². The van der Waals surface area contributed by atoms with Gasteiger partial charge < -0.3 is 15.0 Å². The molecule has 0 saturated heterocycles. The molecule has 3 aromatic rings. The highest BCUT2D eigenvalue weighted by molar-refractivity contribution is 6.11. The summed E-state index contributed by atoms with van der Waals surface area (Å²) < 4.78 is 16.0. The molecule has 0 unspecified atom stereocenters. The fourth-order valence-corrected chi connectivity index (χ4v) is 2.79. The summed E-state index contributed by atoms with van der Waals surface area (Å²) in [6, 6.07) is 8.31. The minimum Gasteiger partial charge on any atom is -0.396 e. The average molecular weight is 372 g/mol. The lowest BCUT2D eigenvalue weighted by Gasteiger charge is -2.12. The molecule has 142 valence electrons. The van der Waals surface area contributed by atoms with Crippen LogP contribution in [-0.2, 0) is 11.9 Å². The van der Waals surface area contributed by atoms with Gasteiger partial charge in [0.05, 0.1) is 17.9 Å². The molecule has 0 fully saturated rings. The smallest absolute Gasteiger partial charge is 0.279 e. The molecule has 1 amide bonds. The lowest BCUT2D eigenvalue weighted by atomic mass is 10.2. The van der Waals surface area contributed by atoms with Crippen molar-refractivity contribution in [3.63, 3.8) is 0 Å². The Labute approximate surface area is 155 Å². The lowest BCUT2D eigenvalue weighted by molar-refractivity contribution is 0.0264. The summed E-state index contributed by atoms with van der Waals surface area (Å²) in [5.41, 5.74) is 4.29. The van der Waals surface area contributed by atoms with Crippen molar-refractivity contribution in [3.8, 4) is 0 Å². The number of aliphatic hydroxyl groups excluding tert-OH is 1. The van der Waals surface area contributed by atoms with Crippen LogP contribution in [0.25, 0.3) is 11.0 Å². The first-order valence-corrected chi connectivity index (χ1v) is 8.52. The quantitative estimate of drug-likeness (QED) is 0.438. The number of fused-ring (bicyclic) bond motifs is 1. The minimum atomic E-state index is -0.485. The third kappa shape index (κ3) is 3.91. The molecule has 0 aliphatic heterocycles. The molecule has 27 heavy (non-hydrogen) atoms. The fraction of sp³-hybridized carbons (Fsp3) is 0.263. The number of aryl methyl sites for hydroxylation is 2. The number of nitrogens with one attached hydrogen (secondary N) is 2. The van der Waals surface area contributed by atoms with Crippen LogP contribution in [0.3, 0.4) is 0 Å². The highest BCUT2D eigenvalue weighted by atomic mass is 19.1. The molecule has 0 atom stereocenters.